The van der Waals surface area contributed by atoms with Crippen LogP contribution in [0, 0.1) is 11.8 Å². The topological polar surface area (TPSA) is 29.3 Å². The van der Waals surface area contributed by atoms with Crippen molar-refractivity contribution in [3.63, 3.8) is 0 Å². The fraction of sp³-hybridized carbons (Fsp3) is 0.625. The third kappa shape index (κ3) is 5.54. The lowest BCUT2D eigenvalue weighted by atomic mass is 10.1. The second kappa shape index (κ2) is 7.42. The van der Waals surface area contributed by atoms with E-state index in [1.807, 2.05) is 12.1 Å². The molecule has 0 unspecified atom stereocenters. The standard InChI is InChI=1S/C16H28N2/c1-13(2)11-18(12-14(3)4)10-9-15-7-5-6-8-16(15)17/h5-8,13-14H,9-12,17H2,1-4H3. The summed E-state index contributed by atoms with van der Waals surface area (Å²) < 4.78 is 0. The van der Waals surface area contributed by atoms with Crippen LogP contribution in [0.1, 0.15) is 33.3 Å². The summed E-state index contributed by atoms with van der Waals surface area (Å²) in [4.78, 5) is 2.56. The molecule has 0 aliphatic heterocycles. The second-order valence-corrected chi connectivity index (χ2v) is 6.00. The number of nitrogen functional groups attached to an aromatic ring is 1. The molecule has 0 spiro atoms. The first kappa shape index (κ1) is 15.0. The molecule has 0 bridgehead atoms. The highest BCUT2D eigenvalue weighted by molar-refractivity contribution is 5.46. The molecule has 0 amide bonds. The van der Waals surface area contributed by atoms with Crippen molar-refractivity contribution < 1.29 is 0 Å². The summed E-state index contributed by atoms with van der Waals surface area (Å²) in [5.41, 5.74) is 8.19. The quantitative estimate of drug-likeness (QED) is 0.749. The maximum atomic E-state index is 5.99. The molecule has 2 N–H and O–H groups in total. The summed E-state index contributed by atoms with van der Waals surface area (Å²) in [5.74, 6) is 1.44. The number of para-hydroxylation sites is 1. The van der Waals surface area contributed by atoms with Gasteiger partial charge in [-0.1, -0.05) is 45.9 Å². The van der Waals surface area contributed by atoms with Gasteiger partial charge in [0.25, 0.3) is 0 Å². The van der Waals surface area contributed by atoms with Gasteiger partial charge in [-0.3, -0.25) is 0 Å². The smallest absolute Gasteiger partial charge is 0.0347 e. The monoisotopic (exact) mass is 248 g/mol. The van der Waals surface area contributed by atoms with E-state index in [2.05, 4.69) is 44.7 Å². The Labute approximate surface area is 112 Å². The zero-order valence-electron chi connectivity index (χ0n) is 12.3. The third-order valence-electron chi connectivity index (χ3n) is 3.00. The molecule has 0 saturated carbocycles. The van der Waals surface area contributed by atoms with Gasteiger partial charge in [0.15, 0.2) is 0 Å². The molecule has 0 radical (unpaired) electrons. The minimum Gasteiger partial charge on any atom is -0.399 e. The maximum absolute atomic E-state index is 5.99. The van der Waals surface area contributed by atoms with Crippen molar-refractivity contribution in [2.75, 3.05) is 25.4 Å². The highest BCUT2D eigenvalue weighted by Gasteiger charge is 2.10. The van der Waals surface area contributed by atoms with Crippen LogP contribution in [-0.2, 0) is 6.42 Å². The van der Waals surface area contributed by atoms with E-state index < -0.39 is 0 Å². The van der Waals surface area contributed by atoms with Gasteiger partial charge < -0.3 is 10.6 Å². The fourth-order valence-electron chi connectivity index (χ4n) is 2.33. The van der Waals surface area contributed by atoms with Crippen LogP contribution >= 0.6 is 0 Å². The maximum Gasteiger partial charge on any atom is 0.0347 e. The van der Waals surface area contributed by atoms with Gasteiger partial charge in [0.2, 0.25) is 0 Å². The summed E-state index contributed by atoms with van der Waals surface area (Å²) in [6.07, 6.45) is 1.05. The molecule has 0 heterocycles. The highest BCUT2D eigenvalue weighted by Crippen LogP contribution is 2.13. The van der Waals surface area contributed by atoms with Crippen molar-refractivity contribution in [3.8, 4) is 0 Å². The number of benzene rings is 1. The second-order valence-electron chi connectivity index (χ2n) is 6.00. The fourth-order valence-corrected chi connectivity index (χ4v) is 2.33. The number of nitrogens with two attached hydrogens (primary N) is 1. The van der Waals surface area contributed by atoms with Crippen LogP contribution in [0.2, 0.25) is 0 Å². The average Bonchev–Trinajstić information content (AvgIpc) is 2.26. The molecule has 0 aliphatic rings. The summed E-state index contributed by atoms with van der Waals surface area (Å²) in [5, 5.41) is 0. The van der Waals surface area contributed by atoms with Gasteiger partial charge in [0.05, 0.1) is 0 Å². The number of nitrogens with zero attached hydrogens (tertiary/aromatic N) is 1. The van der Waals surface area contributed by atoms with E-state index in [1.54, 1.807) is 0 Å². The minimum atomic E-state index is 0.719. The lowest BCUT2D eigenvalue weighted by molar-refractivity contribution is 0.222. The lowest BCUT2D eigenvalue weighted by Crippen LogP contribution is -2.33. The van der Waals surface area contributed by atoms with Gasteiger partial charge in [0, 0.05) is 25.3 Å². The van der Waals surface area contributed by atoms with Crippen LogP contribution in [0.4, 0.5) is 5.69 Å². The van der Waals surface area contributed by atoms with Gasteiger partial charge in [-0.2, -0.15) is 0 Å². The van der Waals surface area contributed by atoms with Crippen molar-refractivity contribution in [1.29, 1.82) is 0 Å². The van der Waals surface area contributed by atoms with E-state index in [-0.39, 0.29) is 0 Å². The predicted molar refractivity (Wildman–Crippen MR) is 80.7 cm³/mol. The molecule has 0 aliphatic carbocycles. The zero-order chi connectivity index (χ0) is 13.5. The number of hydrogen-bond donors (Lipinski definition) is 1. The minimum absolute atomic E-state index is 0.719. The largest absolute Gasteiger partial charge is 0.399 e. The van der Waals surface area contributed by atoms with Gasteiger partial charge >= 0.3 is 0 Å². The molecule has 102 valence electrons. The zero-order valence-corrected chi connectivity index (χ0v) is 12.3. The Bertz CT molecular complexity index is 335. The molecule has 1 aromatic rings. The van der Waals surface area contributed by atoms with Gasteiger partial charge in [-0.25, -0.2) is 0 Å². The SMILES string of the molecule is CC(C)CN(CCc1ccccc1N)CC(C)C. The van der Waals surface area contributed by atoms with Gasteiger partial charge in [-0.05, 0) is 29.9 Å². The molecular weight excluding hydrogens is 220 g/mol. The van der Waals surface area contributed by atoms with Gasteiger partial charge in [0.1, 0.15) is 0 Å². The van der Waals surface area contributed by atoms with E-state index >= 15 is 0 Å². The van der Waals surface area contributed by atoms with Crippen molar-refractivity contribution in [2.45, 2.75) is 34.1 Å². The summed E-state index contributed by atoms with van der Waals surface area (Å²) in [6.45, 7) is 12.6. The van der Waals surface area contributed by atoms with Crippen molar-refractivity contribution in [1.82, 2.24) is 4.90 Å². The number of anilines is 1. The molecule has 0 saturated heterocycles. The average molecular weight is 248 g/mol. The van der Waals surface area contributed by atoms with Crippen LogP contribution in [-0.4, -0.2) is 24.5 Å². The summed E-state index contributed by atoms with van der Waals surface area (Å²) in [7, 11) is 0. The first-order valence-electron chi connectivity index (χ1n) is 7.04. The van der Waals surface area contributed by atoms with Crippen molar-refractivity contribution in [3.05, 3.63) is 29.8 Å². The summed E-state index contributed by atoms with van der Waals surface area (Å²) >= 11 is 0. The normalized spacial score (nSPS) is 11.7. The van der Waals surface area contributed by atoms with Crippen molar-refractivity contribution >= 4 is 5.69 Å². The Balaban J connectivity index is 2.53. The first-order chi connectivity index (χ1) is 8.49. The Morgan fingerprint density at radius 3 is 2.06 bits per heavy atom. The van der Waals surface area contributed by atoms with E-state index in [9.17, 15) is 0 Å². The Kier molecular flexibility index (Phi) is 6.20. The Hall–Kier alpha value is -1.02. The molecule has 18 heavy (non-hydrogen) atoms. The Morgan fingerprint density at radius 2 is 1.56 bits per heavy atom. The molecule has 1 rings (SSSR count). The van der Waals surface area contributed by atoms with Crippen LogP contribution in [0.5, 0.6) is 0 Å². The van der Waals surface area contributed by atoms with Crippen LogP contribution in [0.15, 0.2) is 24.3 Å². The van der Waals surface area contributed by atoms with E-state index in [1.165, 1.54) is 18.7 Å². The molecule has 2 heteroatoms. The molecule has 0 aromatic heterocycles. The molecule has 1 aromatic carbocycles. The molecule has 0 atom stereocenters. The lowest BCUT2D eigenvalue weighted by Gasteiger charge is -2.26. The van der Waals surface area contributed by atoms with Crippen molar-refractivity contribution in [2.24, 2.45) is 11.8 Å². The predicted octanol–water partition coefficient (Wildman–Crippen LogP) is 3.43. The van der Waals surface area contributed by atoms with E-state index in [0.717, 1.165) is 30.5 Å². The number of hydrogen-bond acceptors (Lipinski definition) is 2. The van der Waals surface area contributed by atoms with E-state index in [4.69, 9.17) is 5.73 Å². The van der Waals surface area contributed by atoms with Crippen LogP contribution in [0.3, 0.4) is 0 Å². The highest BCUT2D eigenvalue weighted by atomic mass is 15.1. The summed E-state index contributed by atoms with van der Waals surface area (Å²) in [6, 6.07) is 8.20. The third-order valence-corrected chi connectivity index (χ3v) is 3.00. The number of rotatable bonds is 7. The molecule has 2 nitrogen and oxygen atoms in total. The molecular formula is C16H28N2. The van der Waals surface area contributed by atoms with Crippen LogP contribution < -0.4 is 5.73 Å². The molecule has 0 fully saturated rings. The van der Waals surface area contributed by atoms with Gasteiger partial charge in [-0.15, -0.1) is 0 Å². The van der Waals surface area contributed by atoms with E-state index in [0.29, 0.717) is 0 Å². The first-order valence-corrected chi connectivity index (χ1v) is 7.04. The Morgan fingerprint density at radius 1 is 1.00 bits per heavy atom. The van der Waals surface area contributed by atoms with Crippen LogP contribution in [0.25, 0.3) is 0 Å².